The number of hydrogen-bond donors (Lipinski definition) is 1. The highest BCUT2D eigenvalue weighted by atomic mass is 16.6. The van der Waals surface area contributed by atoms with Crippen LogP contribution in [0.3, 0.4) is 0 Å². The van der Waals surface area contributed by atoms with Crippen LogP contribution < -0.4 is 5.32 Å². The van der Waals surface area contributed by atoms with Crippen molar-refractivity contribution in [3.63, 3.8) is 0 Å². The van der Waals surface area contributed by atoms with Gasteiger partial charge in [0.15, 0.2) is 0 Å². The van der Waals surface area contributed by atoms with Crippen LogP contribution in [0.4, 0.5) is 11.5 Å². The molecule has 0 aliphatic heterocycles. The molecule has 0 aliphatic carbocycles. The maximum Gasteiger partial charge on any atom is 0.272 e. The summed E-state index contributed by atoms with van der Waals surface area (Å²) >= 11 is 0. The standard InChI is InChI=1S/C15H18N4O2/c1-10(2)13-7-15(18-9-17-13)16-8-12-5-4-6-14(11(12)3)19(20)21/h4-7,9-10H,8H2,1-3H3,(H,16,17,18). The van der Waals surface area contributed by atoms with Crippen LogP contribution in [0.15, 0.2) is 30.6 Å². The van der Waals surface area contributed by atoms with Crippen molar-refractivity contribution in [3.05, 3.63) is 57.5 Å². The van der Waals surface area contributed by atoms with Crippen LogP contribution in [-0.4, -0.2) is 14.9 Å². The fourth-order valence-electron chi connectivity index (χ4n) is 2.03. The number of hydrogen-bond acceptors (Lipinski definition) is 5. The highest BCUT2D eigenvalue weighted by Gasteiger charge is 2.13. The molecule has 6 heteroatoms. The maximum atomic E-state index is 10.9. The van der Waals surface area contributed by atoms with Crippen molar-refractivity contribution >= 4 is 11.5 Å². The predicted molar refractivity (Wildman–Crippen MR) is 81.3 cm³/mol. The van der Waals surface area contributed by atoms with Gasteiger partial charge in [0.1, 0.15) is 12.1 Å². The topological polar surface area (TPSA) is 81.0 Å². The lowest BCUT2D eigenvalue weighted by atomic mass is 10.1. The van der Waals surface area contributed by atoms with Crippen LogP contribution in [-0.2, 0) is 6.54 Å². The Labute approximate surface area is 123 Å². The number of nitrogens with zero attached hydrogens (tertiary/aromatic N) is 3. The average Bonchev–Trinajstić information content (AvgIpc) is 2.46. The highest BCUT2D eigenvalue weighted by molar-refractivity contribution is 5.46. The van der Waals surface area contributed by atoms with Crippen LogP contribution in [0, 0.1) is 17.0 Å². The van der Waals surface area contributed by atoms with E-state index in [4.69, 9.17) is 0 Å². The number of nitro benzene ring substituents is 1. The van der Waals surface area contributed by atoms with Crippen LogP contribution in [0.5, 0.6) is 0 Å². The van der Waals surface area contributed by atoms with Gasteiger partial charge in [0.05, 0.1) is 4.92 Å². The van der Waals surface area contributed by atoms with Gasteiger partial charge in [0.25, 0.3) is 5.69 Å². The van der Waals surface area contributed by atoms with Crippen molar-refractivity contribution in [1.29, 1.82) is 0 Å². The van der Waals surface area contributed by atoms with E-state index in [9.17, 15) is 10.1 Å². The molecule has 0 aliphatic rings. The molecule has 1 heterocycles. The molecule has 21 heavy (non-hydrogen) atoms. The smallest absolute Gasteiger partial charge is 0.272 e. The quantitative estimate of drug-likeness (QED) is 0.672. The first-order valence-electron chi connectivity index (χ1n) is 6.77. The zero-order valence-electron chi connectivity index (χ0n) is 12.3. The number of anilines is 1. The molecule has 110 valence electrons. The summed E-state index contributed by atoms with van der Waals surface area (Å²) in [7, 11) is 0. The molecule has 1 aromatic heterocycles. The lowest BCUT2D eigenvalue weighted by Gasteiger charge is -2.10. The molecule has 2 aromatic rings. The van der Waals surface area contributed by atoms with Crippen LogP contribution in [0.2, 0.25) is 0 Å². The van der Waals surface area contributed by atoms with Crippen LogP contribution in [0.25, 0.3) is 0 Å². The van der Waals surface area contributed by atoms with E-state index in [0.29, 0.717) is 18.0 Å². The second kappa shape index (κ2) is 6.30. The van der Waals surface area contributed by atoms with Gasteiger partial charge in [-0.1, -0.05) is 26.0 Å². The van der Waals surface area contributed by atoms with Crippen molar-refractivity contribution in [2.45, 2.75) is 33.2 Å². The Morgan fingerprint density at radius 2 is 2.10 bits per heavy atom. The summed E-state index contributed by atoms with van der Waals surface area (Å²) in [6.45, 7) is 6.38. The Morgan fingerprint density at radius 3 is 2.76 bits per heavy atom. The van der Waals surface area contributed by atoms with Gasteiger partial charge in [-0.15, -0.1) is 0 Å². The minimum atomic E-state index is -0.361. The Balaban J connectivity index is 2.15. The number of rotatable bonds is 5. The second-order valence-electron chi connectivity index (χ2n) is 5.15. The fraction of sp³-hybridized carbons (Fsp3) is 0.333. The van der Waals surface area contributed by atoms with Crippen LogP contribution >= 0.6 is 0 Å². The third kappa shape index (κ3) is 3.53. The average molecular weight is 286 g/mol. The zero-order chi connectivity index (χ0) is 15.4. The number of aromatic nitrogens is 2. The van der Waals surface area contributed by atoms with E-state index in [-0.39, 0.29) is 10.6 Å². The predicted octanol–water partition coefficient (Wildman–Crippen LogP) is 3.43. The van der Waals surface area contributed by atoms with Crippen molar-refractivity contribution in [2.24, 2.45) is 0 Å². The van der Waals surface area contributed by atoms with E-state index in [1.165, 1.54) is 12.4 Å². The van der Waals surface area contributed by atoms with E-state index in [2.05, 4.69) is 29.1 Å². The van der Waals surface area contributed by atoms with Gasteiger partial charge in [-0.05, 0) is 18.4 Å². The largest absolute Gasteiger partial charge is 0.366 e. The van der Waals surface area contributed by atoms with Crippen molar-refractivity contribution in [3.8, 4) is 0 Å². The van der Waals surface area contributed by atoms with Crippen molar-refractivity contribution < 1.29 is 4.92 Å². The molecular weight excluding hydrogens is 268 g/mol. The molecule has 2 rings (SSSR count). The van der Waals surface area contributed by atoms with E-state index in [1.54, 1.807) is 13.0 Å². The fourth-order valence-corrected chi connectivity index (χ4v) is 2.03. The summed E-state index contributed by atoms with van der Waals surface area (Å²) in [4.78, 5) is 18.9. The molecule has 0 fully saturated rings. The summed E-state index contributed by atoms with van der Waals surface area (Å²) in [6.07, 6.45) is 1.53. The van der Waals surface area contributed by atoms with Gasteiger partial charge in [0.2, 0.25) is 0 Å². The Kier molecular flexibility index (Phi) is 4.47. The summed E-state index contributed by atoms with van der Waals surface area (Å²) in [5.74, 6) is 1.05. The summed E-state index contributed by atoms with van der Waals surface area (Å²) in [6, 6.07) is 6.99. The number of nitro groups is 1. The van der Waals surface area contributed by atoms with E-state index < -0.39 is 0 Å². The Morgan fingerprint density at radius 1 is 1.33 bits per heavy atom. The molecule has 0 saturated carbocycles. The summed E-state index contributed by atoms with van der Waals surface area (Å²) in [5, 5.41) is 14.1. The molecule has 0 amide bonds. The summed E-state index contributed by atoms with van der Waals surface area (Å²) < 4.78 is 0. The molecule has 0 atom stereocenters. The number of benzene rings is 1. The molecule has 1 N–H and O–H groups in total. The molecule has 0 spiro atoms. The molecule has 0 unspecified atom stereocenters. The highest BCUT2D eigenvalue weighted by Crippen LogP contribution is 2.22. The van der Waals surface area contributed by atoms with Crippen LogP contribution in [0.1, 0.15) is 36.6 Å². The molecular formula is C15H18N4O2. The number of nitrogens with one attached hydrogen (secondary N) is 1. The molecule has 0 saturated heterocycles. The first-order chi connectivity index (χ1) is 9.99. The van der Waals surface area contributed by atoms with E-state index in [0.717, 1.165) is 17.1 Å². The monoisotopic (exact) mass is 286 g/mol. The van der Waals surface area contributed by atoms with Gasteiger partial charge in [-0.3, -0.25) is 10.1 Å². The lowest BCUT2D eigenvalue weighted by Crippen LogP contribution is -2.06. The first-order valence-corrected chi connectivity index (χ1v) is 6.77. The molecule has 0 radical (unpaired) electrons. The lowest BCUT2D eigenvalue weighted by molar-refractivity contribution is -0.385. The van der Waals surface area contributed by atoms with E-state index in [1.807, 2.05) is 12.1 Å². The van der Waals surface area contributed by atoms with E-state index >= 15 is 0 Å². The second-order valence-corrected chi connectivity index (χ2v) is 5.15. The van der Waals surface area contributed by atoms with Gasteiger partial charge in [-0.2, -0.15) is 0 Å². The van der Waals surface area contributed by atoms with Gasteiger partial charge in [0, 0.05) is 29.9 Å². The minimum Gasteiger partial charge on any atom is -0.366 e. The van der Waals surface area contributed by atoms with Gasteiger partial charge in [-0.25, -0.2) is 9.97 Å². The SMILES string of the molecule is Cc1c(CNc2cc(C(C)C)ncn2)cccc1[N+](=O)[O-]. The Bertz CT molecular complexity index is 656. The Hall–Kier alpha value is -2.50. The zero-order valence-corrected chi connectivity index (χ0v) is 12.3. The summed E-state index contributed by atoms with van der Waals surface area (Å²) in [5.41, 5.74) is 2.66. The molecule has 6 nitrogen and oxygen atoms in total. The van der Waals surface area contributed by atoms with Gasteiger partial charge < -0.3 is 5.32 Å². The molecule has 1 aromatic carbocycles. The third-order valence-corrected chi connectivity index (χ3v) is 3.35. The maximum absolute atomic E-state index is 10.9. The molecule has 0 bridgehead atoms. The normalized spacial score (nSPS) is 10.7. The third-order valence-electron chi connectivity index (χ3n) is 3.35. The van der Waals surface area contributed by atoms with Gasteiger partial charge >= 0.3 is 0 Å². The minimum absolute atomic E-state index is 0.139. The van der Waals surface area contributed by atoms with Crippen molar-refractivity contribution in [1.82, 2.24) is 9.97 Å². The van der Waals surface area contributed by atoms with Crippen molar-refractivity contribution in [2.75, 3.05) is 5.32 Å². The first kappa shape index (κ1) is 14.9.